The van der Waals surface area contributed by atoms with Crippen molar-refractivity contribution in [3.05, 3.63) is 35.4 Å². The number of hydrogen-bond donors (Lipinski definition) is 1. The van der Waals surface area contributed by atoms with Gasteiger partial charge in [-0.15, -0.1) is 0 Å². The second kappa shape index (κ2) is 4.47. The molecule has 3 nitrogen and oxygen atoms in total. The lowest BCUT2D eigenvalue weighted by molar-refractivity contribution is 0.0919. The van der Waals surface area contributed by atoms with Crippen molar-refractivity contribution in [3.63, 3.8) is 0 Å². The molecule has 86 valence electrons. The van der Waals surface area contributed by atoms with Gasteiger partial charge in [-0.25, -0.2) is 0 Å². The zero-order chi connectivity index (χ0) is 12.3. The van der Waals surface area contributed by atoms with Crippen molar-refractivity contribution in [3.8, 4) is 0 Å². The molecule has 0 aromatic heterocycles. The van der Waals surface area contributed by atoms with Crippen molar-refractivity contribution >= 4 is 11.7 Å². The first kappa shape index (κ1) is 12.4. The molecule has 0 bridgehead atoms. The normalized spacial score (nSPS) is 11.0. The predicted octanol–water partition coefficient (Wildman–Crippen LogP) is 2.42. The molecule has 0 saturated heterocycles. The third-order valence-corrected chi connectivity index (χ3v) is 2.02. The summed E-state index contributed by atoms with van der Waals surface area (Å²) < 4.78 is 0. The summed E-state index contributed by atoms with van der Waals surface area (Å²) in [7, 11) is 0. The van der Waals surface area contributed by atoms with Crippen LogP contribution >= 0.6 is 0 Å². The molecule has 0 unspecified atom stereocenters. The molecule has 16 heavy (non-hydrogen) atoms. The Bertz CT molecular complexity index is 416. The molecule has 0 fully saturated rings. The molecule has 1 rings (SSSR count). The summed E-state index contributed by atoms with van der Waals surface area (Å²) in [6.45, 7) is 7.24. The third kappa shape index (κ3) is 3.50. The van der Waals surface area contributed by atoms with Crippen molar-refractivity contribution in [1.82, 2.24) is 5.32 Å². The molecule has 1 aromatic carbocycles. The molecule has 0 heterocycles. The van der Waals surface area contributed by atoms with Crippen molar-refractivity contribution < 1.29 is 9.59 Å². The highest BCUT2D eigenvalue weighted by Crippen LogP contribution is 2.08. The van der Waals surface area contributed by atoms with Gasteiger partial charge in [0, 0.05) is 16.7 Å². The maximum Gasteiger partial charge on any atom is 0.251 e. The Labute approximate surface area is 95.9 Å². The van der Waals surface area contributed by atoms with Crippen LogP contribution in [0.15, 0.2) is 24.3 Å². The topological polar surface area (TPSA) is 46.2 Å². The summed E-state index contributed by atoms with van der Waals surface area (Å²) in [4.78, 5) is 23.0. The van der Waals surface area contributed by atoms with E-state index in [-0.39, 0.29) is 17.2 Å². The van der Waals surface area contributed by atoms with E-state index >= 15 is 0 Å². The number of benzene rings is 1. The van der Waals surface area contributed by atoms with Gasteiger partial charge in [0.05, 0.1) is 0 Å². The Hall–Kier alpha value is -1.64. The van der Waals surface area contributed by atoms with E-state index in [0.29, 0.717) is 11.1 Å². The minimum Gasteiger partial charge on any atom is -0.347 e. The molecule has 0 radical (unpaired) electrons. The lowest BCUT2D eigenvalue weighted by atomic mass is 10.1. The summed E-state index contributed by atoms with van der Waals surface area (Å²) in [5, 5.41) is 2.85. The average Bonchev–Trinajstić information content (AvgIpc) is 2.15. The molecule has 0 saturated carbocycles. The van der Waals surface area contributed by atoms with Gasteiger partial charge < -0.3 is 5.32 Å². The lowest BCUT2D eigenvalue weighted by Crippen LogP contribution is -2.40. The molecule has 3 heteroatoms. The molecule has 1 aromatic rings. The fourth-order valence-electron chi connectivity index (χ4n) is 1.29. The molecule has 0 atom stereocenters. The van der Waals surface area contributed by atoms with Crippen LogP contribution in [0.25, 0.3) is 0 Å². The van der Waals surface area contributed by atoms with E-state index in [1.54, 1.807) is 24.3 Å². The van der Waals surface area contributed by atoms with Gasteiger partial charge >= 0.3 is 0 Å². The van der Waals surface area contributed by atoms with Gasteiger partial charge in [0.15, 0.2) is 5.78 Å². The fourth-order valence-corrected chi connectivity index (χ4v) is 1.29. The van der Waals surface area contributed by atoms with E-state index in [9.17, 15) is 9.59 Å². The van der Waals surface area contributed by atoms with E-state index in [0.717, 1.165) is 0 Å². The highest BCUT2D eigenvalue weighted by atomic mass is 16.1. The zero-order valence-corrected chi connectivity index (χ0v) is 10.1. The van der Waals surface area contributed by atoms with Gasteiger partial charge in [-0.3, -0.25) is 9.59 Å². The van der Waals surface area contributed by atoms with Gasteiger partial charge in [0.25, 0.3) is 5.91 Å². The van der Waals surface area contributed by atoms with Gasteiger partial charge in [-0.1, -0.05) is 12.1 Å². The Balaban J connectivity index is 2.92. The molecular weight excluding hydrogens is 202 g/mol. The largest absolute Gasteiger partial charge is 0.347 e. The van der Waals surface area contributed by atoms with E-state index in [2.05, 4.69) is 5.32 Å². The molecular formula is C13H17NO2. The first-order valence-corrected chi connectivity index (χ1v) is 5.23. The van der Waals surface area contributed by atoms with E-state index in [1.807, 2.05) is 20.8 Å². The van der Waals surface area contributed by atoms with Gasteiger partial charge in [-0.05, 0) is 39.8 Å². The standard InChI is InChI=1S/C13H17NO2/c1-9(15)10-6-5-7-11(8-10)12(16)14-13(2,3)4/h5-8H,1-4H3,(H,14,16). The van der Waals surface area contributed by atoms with Crippen molar-refractivity contribution in [1.29, 1.82) is 0 Å². The number of amides is 1. The summed E-state index contributed by atoms with van der Waals surface area (Å²) in [6, 6.07) is 6.74. The van der Waals surface area contributed by atoms with Crippen LogP contribution in [0.2, 0.25) is 0 Å². The first-order valence-electron chi connectivity index (χ1n) is 5.23. The minimum absolute atomic E-state index is 0.0367. The number of rotatable bonds is 2. The second-order valence-corrected chi connectivity index (χ2v) is 4.84. The van der Waals surface area contributed by atoms with Crippen molar-refractivity contribution in [2.75, 3.05) is 0 Å². The van der Waals surface area contributed by atoms with Crippen molar-refractivity contribution in [2.45, 2.75) is 33.2 Å². The number of carbonyl (C=O) groups excluding carboxylic acids is 2. The molecule has 1 N–H and O–H groups in total. The summed E-state index contributed by atoms with van der Waals surface area (Å²) in [6.07, 6.45) is 0. The molecule has 0 aliphatic rings. The lowest BCUT2D eigenvalue weighted by Gasteiger charge is -2.20. The number of hydrogen-bond acceptors (Lipinski definition) is 2. The van der Waals surface area contributed by atoms with Crippen LogP contribution in [-0.2, 0) is 0 Å². The van der Waals surface area contributed by atoms with Crippen LogP contribution < -0.4 is 5.32 Å². The predicted molar refractivity (Wildman–Crippen MR) is 63.7 cm³/mol. The van der Waals surface area contributed by atoms with E-state index in [4.69, 9.17) is 0 Å². The number of carbonyl (C=O) groups is 2. The average molecular weight is 219 g/mol. The number of nitrogens with one attached hydrogen (secondary N) is 1. The smallest absolute Gasteiger partial charge is 0.251 e. The van der Waals surface area contributed by atoms with Crippen LogP contribution in [0.3, 0.4) is 0 Å². The van der Waals surface area contributed by atoms with Gasteiger partial charge in [0.2, 0.25) is 0 Å². The molecule has 0 aliphatic carbocycles. The van der Waals surface area contributed by atoms with Gasteiger partial charge in [-0.2, -0.15) is 0 Å². The van der Waals surface area contributed by atoms with Crippen LogP contribution in [0.5, 0.6) is 0 Å². The first-order chi connectivity index (χ1) is 7.29. The molecule has 0 spiro atoms. The summed E-state index contributed by atoms with van der Waals surface area (Å²) in [5.41, 5.74) is 0.799. The maximum atomic E-state index is 11.8. The molecule has 1 amide bonds. The van der Waals surface area contributed by atoms with E-state index in [1.165, 1.54) is 6.92 Å². The monoisotopic (exact) mass is 219 g/mol. The Morgan fingerprint density at radius 2 is 1.69 bits per heavy atom. The molecule has 0 aliphatic heterocycles. The Morgan fingerprint density at radius 3 is 2.19 bits per heavy atom. The third-order valence-electron chi connectivity index (χ3n) is 2.02. The van der Waals surface area contributed by atoms with Crippen molar-refractivity contribution in [2.24, 2.45) is 0 Å². The highest BCUT2D eigenvalue weighted by Gasteiger charge is 2.15. The zero-order valence-electron chi connectivity index (χ0n) is 10.1. The highest BCUT2D eigenvalue weighted by molar-refractivity contribution is 5.99. The number of Topliss-reactive ketones (excluding diaryl/α,β-unsaturated/α-hetero) is 1. The van der Waals surface area contributed by atoms with Crippen LogP contribution in [0, 0.1) is 0 Å². The van der Waals surface area contributed by atoms with Gasteiger partial charge in [0.1, 0.15) is 0 Å². The van der Waals surface area contributed by atoms with Crippen LogP contribution in [0.4, 0.5) is 0 Å². The summed E-state index contributed by atoms with van der Waals surface area (Å²) >= 11 is 0. The Kier molecular flexibility index (Phi) is 3.48. The second-order valence-electron chi connectivity index (χ2n) is 4.84. The fraction of sp³-hybridized carbons (Fsp3) is 0.385. The Morgan fingerprint density at radius 1 is 1.12 bits per heavy atom. The summed E-state index contributed by atoms with van der Waals surface area (Å²) in [5.74, 6) is -0.194. The number of ketones is 1. The van der Waals surface area contributed by atoms with Crippen LogP contribution in [0.1, 0.15) is 48.4 Å². The SMILES string of the molecule is CC(=O)c1cccc(C(=O)NC(C)(C)C)c1. The maximum absolute atomic E-state index is 11.8. The quantitative estimate of drug-likeness (QED) is 0.776. The van der Waals surface area contributed by atoms with Crippen LogP contribution in [-0.4, -0.2) is 17.2 Å². The van der Waals surface area contributed by atoms with E-state index < -0.39 is 0 Å². The minimum atomic E-state index is -0.274.